The first kappa shape index (κ1) is 15.1. The van der Waals surface area contributed by atoms with Gasteiger partial charge in [-0.3, -0.25) is 10.1 Å². The average Bonchev–Trinajstić information content (AvgIpc) is 3.17. The van der Waals surface area contributed by atoms with Crippen molar-refractivity contribution in [2.24, 2.45) is 5.92 Å². The third-order valence-corrected chi connectivity index (χ3v) is 5.51. The van der Waals surface area contributed by atoms with Gasteiger partial charge in [-0.05, 0) is 5.92 Å². The summed E-state index contributed by atoms with van der Waals surface area (Å²) in [6.45, 7) is 0. The van der Waals surface area contributed by atoms with Crippen LogP contribution in [0.15, 0.2) is 10.8 Å². The first-order chi connectivity index (χ1) is 10.8. The van der Waals surface area contributed by atoms with Crippen molar-refractivity contribution in [1.82, 2.24) is 10.2 Å². The largest absolute Gasteiger partial charge is 0.296 e. The molecule has 0 unspecified atom stereocenters. The standard InChI is InChI=1S/C15H16N4OS2/c16-7-11-8-21-9-12(11)14(20)17-15-19-18-13(22-15)6-10-4-2-1-3-5-10/h8-10H,1-6H2,(H,17,19,20). The Morgan fingerprint density at radius 1 is 1.32 bits per heavy atom. The number of hydrogen-bond donors (Lipinski definition) is 1. The van der Waals surface area contributed by atoms with Crippen LogP contribution in [0, 0.1) is 17.2 Å². The molecule has 1 saturated carbocycles. The van der Waals surface area contributed by atoms with Gasteiger partial charge in [-0.25, -0.2) is 0 Å². The number of nitrogens with one attached hydrogen (secondary N) is 1. The number of carbonyl (C=O) groups is 1. The van der Waals surface area contributed by atoms with Gasteiger partial charge in [0.1, 0.15) is 11.1 Å². The molecule has 0 aliphatic heterocycles. The van der Waals surface area contributed by atoms with E-state index in [0.29, 0.717) is 22.2 Å². The van der Waals surface area contributed by atoms with E-state index in [1.807, 2.05) is 6.07 Å². The van der Waals surface area contributed by atoms with Gasteiger partial charge in [0, 0.05) is 17.2 Å². The topological polar surface area (TPSA) is 78.7 Å². The van der Waals surface area contributed by atoms with E-state index in [9.17, 15) is 4.79 Å². The molecule has 7 heteroatoms. The second-order valence-electron chi connectivity index (χ2n) is 5.47. The van der Waals surface area contributed by atoms with E-state index >= 15 is 0 Å². The molecule has 1 aliphatic carbocycles. The zero-order valence-corrected chi connectivity index (χ0v) is 13.7. The number of rotatable bonds is 4. The first-order valence-corrected chi connectivity index (χ1v) is 9.12. The van der Waals surface area contributed by atoms with Crippen molar-refractivity contribution >= 4 is 33.7 Å². The highest BCUT2D eigenvalue weighted by Crippen LogP contribution is 2.28. The summed E-state index contributed by atoms with van der Waals surface area (Å²) in [6.07, 6.45) is 7.44. The zero-order chi connectivity index (χ0) is 15.4. The maximum atomic E-state index is 12.1. The van der Waals surface area contributed by atoms with Crippen molar-refractivity contribution in [3.05, 3.63) is 26.9 Å². The number of nitriles is 1. The second kappa shape index (κ2) is 6.99. The minimum absolute atomic E-state index is 0.293. The lowest BCUT2D eigenvalue weighted by Crippen LogP contribution is -2.12. The van der Waals surface area contributed by atoms with Crippen molar-refractivity contribution in [3.8, 4) is 6.07 Å². The predicted octanol–water partition coefficient (Wildman–Crippen LogP) is 3.85. The maximum Gasteiger partial charge on any atom is 0.259 e. The smallest absolute Gasteiger partial charge is 0.259 e. The summed E-state index contributed by atoms with van der Waals surface area (Å²) in [4.78, 5) is 12.1. The Labute approximate surface area is 137 Å². The molecule has 0 spiro atoms. The van der Waals surface area contributed by atoms with E-state index in [1.165, 1.54) is 54.8 Å². The van der Waals surface area contributed by atoms with Crippen LogP contribution in [0.4, 0.5) is 5.13 Å². The van der Waals surface area contributed by atoms with Crippen LogP contribution in [0.3, 0.4) is 0 Å². The molecule has 0 radical (unpaired) electrons. The number of anilines is 1. The predicted molar refractivity (Wildman–Crippen MR) is 87.2 cm³/mol. The quantitative estimate of drug-likeness (QED) is 0.922. The van der Waals surface area contributed by atoms with Crippen LogP contribution in [-0.2, 0) is 6.42 Å². The number of nitrogens with zero attached hydrogens (tertiary/aromatic N) is 3. The summed E-state index contributed by atoms with van der Waals surface area (Å²) in [5, 5.41) is 24.8. The minimum atomic E-state index is -0.293. The molecule has 1 N–H and O–H groups in total. The normalized spacial score (nSPS) is 15.4. The van der Waals surface area contributed by atoms with Gasteiger partial charge in [-0.1, -0.05) is 43.4 Å². The number of thiophene rings is 1. The SMILES string of the molecule is N#Cc1cscc1C(=O)Nc1nnc(CC2CCCCC2)s1. The summed E-state index contributed by atoms with van der Waals surface area (Å²) in [5.74, 6) is 0.408. The van der Waals surface area contributed by atoms with Gasteiger partial charge >= 0.3 is 0 Å². The molecule has 2 aromatic heterocycles. The third kappa shape index (κ3) is 3.51. The summed E-state index contributed by atoms with van der Waals surface area (Å²) in [5.41, 5.74) is 0.797. The molecule has 1 fully saturated rings. The fourth-order valence-electron chi connectivity index (χ4n) is 2.75. The van der Waals surface area contributed by atoms with Gasteiger partial charge in [0.15, 0.2) is 0 Å². The van der Waals surface area contributed by atoms with Crippen LogP contribution in [0.25, 0.3) is 0 Å². The fraction of sp³-hybridized carbons (Fsp3) is 0.467. The number of carbonyl (C=O) groups excluding carboxylic acids is 1. The molecule has 0 bridgehead atoms. The molecular formula is C15H16N4OS2. The van der Waals surface area contributed by atoms with Crippen LogP contribution in [0.5, 0.6) is 0 Å². The minimum Gasteiger partial charge on any atom is -0.296 e. The molecule has 114 valence electrons. The van der Waals surface area contributed by atoms with E-state index in [1.54, 1.807) is 10.8 Å². The summed E-state index contributed by atoms with van der Waals surface area (Å²) >= 11 is 2.77. The maximum absolute atomic E-state index is 12.1. The van der Waals surface area contributed by atoms with Crippen molar-refractivity contribution < 1.29 is 4.79 Å². The Hall–Kier alpha value is -1.78. The van der Waals surface area contributed by atoms with Crippen molar-refractivity contribution in [2.45, 2.75) is 38.5 Å². The summed E-state index contributed by atoms with van der Waals surface area (Å²) < 4.78 is 0. The Morgan fingerprint density at radius 3 is 2.91 bits per heavy atom. The highest BCUT2D eigenvalue weighted by Gasteiger charge is 2.18. The lowest BCUT2D eigenvalue weighted by Gasteiger charge is -2.19. The molecular weight excluding hydrogens is 316 g/mol. The Kier molecular flexibility index (Phi) is 4.80. The molecule has 22 heavy (non-hydrogen) atoms. The summed E-state index contributed by atoms with van der Waals surface area (Å²) in [7, 11) is 0. The van der Waals surface area contributed by atoms with Crippen LogP contribution in [0.1, 0.15) is 53.0 Å². The highest BCUT2D eigenvalue weighted by molar-refractivity contribution is 7.15. The Balaban J connectivity index is 1.62. The molecule has 0 aromatic carbocycles. The molecule has 3 rings (SSSR count). The van der Waals surface area contributed by atoms with Gasteiger partial charge in [0.2, 0.25) is 5.13 Å². The van der Waals surface area contributed by atoms with E-state index in [4.69, 9.17) is 5.26 Å². The molecule has 1 amide bonds. The van der Waals surface area contributed by atoms with E-state index in [2.05, 4.69) is 15.5 Å². The van der Waals surface area contributed by atoms with Crippen LogP contribution in [-0.4, -0.2) is 16.1 Å². The molecule has 0 saturated heterocycles. The molecule has 1 aliphatic rings. The second-order valence-corrected chi connectivity index (χ2v) is 7.28. The third-order valence-electron chi connectivity index (χ3n) is 3.90. The zero-order valence-electron chi connectivity index (χ0n) is 12.0. The lowest BCUT2D eigenvalue weighted by molar-refractivity contribution is 0.102. The number of amides is 1. The van der Waals surface area contributed by atoms with Gasteiger partial charge < -0.3 is 0 Å². The molecule has 5 nitrogen and oxygen atoms in total. The van der Waals surface area contributed by atoms with Crippen LogP contribution in [0.2, 0.25) is 0 Å². The van der Waals surface area contributed by atoms with Gasteiger partial charge in [0.05, 0.1) is 11.1 Å². The van der Waals surface area contributed by atoms with Crippen molar-refractivity contribution in [1.29, 1.82) is 5.26 Å². The first-order valence-electron chi connectivity index (χ1n) is 7.36. The van der Waals surface area contributed by atoms with Crippen LogP contribution < -0.4 is 5.32 Å². The fourth-order valence-corrected chi connectivity index (χ4v) is 4.35. The number of aromatic nitrogens is 2. The number of hydrogen-bond acceptors (Lipinski definition) is 6. The van der Waals surface area contributed by atoms with Gasteiger partial charge in [0.25, 0.3) is 5.91 Å². The van der Waals surface area contributed by atoms with Gasteiger partial charge in [-0.15, -0.1) is 10.2 Å². The van der Waals surface area contributed by atoms with Gasteiger partial charge in [-0.2, -0.15) is 16.6 Å². The monoisotopic (exact) mass is 332 g/mol. The molecule has 2 heterocycles. The molecule has 2 aromatic rings. The van der Waals surface area contributed by atoms with Crippen molar-refractivity contribution in [3.63, 3.8) is 0 Å². The van der Waals surface area contributed by atoms with Crippen LogP contribution >= 0.6 is 22.7 Å². The highest BCUT2D eigenvalue weighted by atomic mass is 32.1. The van der Waals surface area contributed by atoms with E-state index in [-0.39, 0.29) is 5.91 Å². The summed E-state index contributed by atoms with van der Waals surface area (Å²) in [6, 6.07) is 2.02. The molecule has 0 atom stereocenters. The Morgan fingerprint density at radius 2 is 2.14 bits per heavy atom. The Bertz CT molecular complexity index is 694. The van der Waals surface area contributed by atoms with E-state index in [0.717, 1.165) is 11.4 Å². The van der Waals surface area contributed by atoms with E-state index < -0.39 is 0 Å². The lowest BCUT2D eigenvalue weighted by atomic mass is 9.87. The average molecular weight is 332 g/mol. The van der Waals surface area contributed by atoms with Crippen molar-refractivity contribution in [2.75, 3.05) is 5.32 Å².